The van der Waals surface area contributed by atoms with E-state index in [0.717, 1.165) is 6.07 Å². The molecule has 0 aromatic carbocycles. The third-order valence-electron chi connectivity index (χ3n) is 4.84. The number of aromatic nitrogens is 1. The van der Waals surface area contributed by atoms with E-state index in [9.17, 15) is 13.2 Å². The highest BCUT2D eigenvalue weighted by atomic mass is 19.4. The van der Waals surface area contributed by atoms with E-state index in [1.165, 1.54) is 12.1 Å². The number of fused-ring (bicyclic) bond motifs is 4. The highest BCUT2D eigenvalue weighted by Gasteiger charge is 2.65. The van der Waals surface area contributed by atoms with Crippen molar-refractivity contribution in [2.24, 2.45) is 5.73 Å². The van der Waals surface area contributed by atoms with Crippen molar-refractivity contribution in [2.75, 3.05) is 18.5 Å². The fourth-order valence-corrected chi connectivity index (χ4v) is 3.68. The number of hydrogen-bond acceptors (Lipinski definition) is 7. The Bertz CT molecular complexity index is 702. The molecule has 7 nitrogen and oxygen atoms in total. The second kappa shape index (κ2) is 5.77. The zero-order chi connectivity index (χ0) is 18.7. The van der Waals surface area contributed by atoms with Crippen LogP contribution in [0.1, 0.15) is 19.5 Å². The number of anilines is 1. The van der Waals surface area contributed by atoms with Crippen LogP contribution in [-0.2, 0) is 25.1 Å². The standard InChI is InChI=1S/C16H20F3N3O4/c1-14(2)24-11-10(13-23-7-15(6-20,26-13)12(11)25-14)22-9-5-3-4-8(21-9)16(17,18)19/h3-5,10-13H,6-7,20H2,1-2H3,(H,21,22)/t10-,11-,12-,13+,15+/m1/s1. The summed E-state index contributed by atoms with van der Waals surface area (Å²) in [5.74, 6) is -0.816. The van der Waals surface area contributed by atoms with Crippen LogP contribution in [0.5, 0.6) is 0 Å². The molecule has 0 unspecified atom stereocenters. The van der Waals surface area contributed by atoms with E-state index in [1.54, 1.807) is 13.8 Å². The van der Waals surface area contributed by atoms with Crippen molar-refractivity contribution in [1.82, 2.24) is 4.98 Å². The van der Waals surface area contributed by atoms with E-state index in [1.807, 2.05) is 0 Å². The summed E-state index contributed by atoms with van der Waals surface area (Å²) in [7, 11) is 0. The molecule has 3 aliphatic rings. The summed E-state index contributed by atoms with van der Waals surface area (Å²) in [4.78, 5) is 3.64. The molecular weight excluding hydrogens is 355 g/mol. The quantitative estimate of drug-likeness (QED) is 0.827. The van der Waals surface area contributed by atoms with Crippen LogP contribution in [0.2, 0.25) is 0 Å². The largest absolute Gasteiger partial charge is 0.433 e. The molecular formula is C16H20F3N3O4. The summed E-state index contributed by atoms with van der Waals surface area (Å²) < 4.78 is 62.3. The van der Waals surface area contributed by atoms with E-state index in [2.05, 4.69) is 10.3 Å². The first-order valence-corrected chi connectivity index (χ1v) is 8.29. The molecule has 5 atom stereocenters. The average molecular weight is 375 g/mol. The Hall–Kier alpha value is -1.46. The molecule has 0 spiro atoms. The van der Waals surface area contributed by atoms with Crippen LogP contribution >= 0.6 is 0 Å². The lowest BCUT2D eigenvalue weighted by atomic mass is 9.88. The molecule has 4 rings (SSSR count). The Morgan fingerprint density at radius 3 is 2.73 bits per heavy atom. The van der Waals surface area contributed by atoms with Gasteiger partial charge in [-0.1, -0.05) is 6.07 Å². The van der Waals surface area contributed by atoms with E-state index < -0.39 is 47.8 Å². The van der Waals surface area contributed by atoms with Crippen LogP contribution in [0.15, 0.2) is 18.2 Å². The summed E-state index contributed by atoms with van der Waals surface area (Å²) in [6.45, 7) is 3.94. The Kier molecular flexibility index (Phi) is 3.98. The number of rotatable bonds is 3. The molecule has 0 amide bonds. The SMILES string of the molecule is CC1(C)O[C@@H]2[C@@H](Nc3cccc(C(F)(F)F)n3)[C@H]3OC[C@](CN)(O3)[C@@H]2O1. The molecule has 144 valence electrons. The van der Waals surface area contributed by atoms with Crippen LogP contribution in [0.4, 0.5) is 19.0 Å². The monoisotopic (exact) mass is 375 g/mol. The number of alkyl halides is 3. The van der Waals surface area contributed by atoms with Crippen LogP contribution in [-0.4, -0.2) is 54.1 Å². The van der Waals surface area contributed by atoms with Gasteiger partial charge in [0.15, 0.2) is 12.1 Å². The third-order valence-corrected chi connectivity index (χ3v) is 4.84. The van der Waals surface area contributed by atoms with Crippen molar-refractivity contribution in [3.8, 4) is 0 Å². The number of nitrogens with two attached hydrogens (primary N) is 1. The Morgan fingerprint density at radius 1 is 1.27 bits per heavy atom. The van der Waals surface area contributed by atoms with Crippen molar-refractivity contribution in [2.45, 2.75) is 56.0 Å². The molecule has 1 aromatic rings. The Labute approximate surface area is 147 Å². The minimum atomic E-state index is -4.53. The zero-order valence-electron chi connectivity index (χ0n) is 14.2. The fraction of sp³-hybridized carbons (Fsp3) is 0.688. The van der Waals surface area contributed by atoms with Gasteiger partial charge in [-0.25, -0.2) is 4.98 Å². The molecule has 4 heterocycles. The van der Waals surface area contributed by atoms with Gasteiger partial charge in [-0.05, 0) is 26.0 Å². The van der Waals surface area contributed by atoms with Gasteiger partial charge in [0.1, 0.15) is 35.4 Å². The predicted octanol–water partition coefficient (Wildman–Crippen LogP) is 1.48. The lowest BCUT2D eigenvalue weighted by Crippen LogP contribution is -2.64. The first-order valence-electron chi connectivity index (χ1n) is 8.29. The molecule has 3 N–H and O–H groups in total. The van der Waals surface area contributed by atoms with Gasteiger partial charge in [0.25, 0.3) is 0 Å². The lowest BCUT2D eigenvalue weighted by Gasteiger charge is -2.42. The van der Waals surface area contributed by atoms with Gasteiger partial charge >= 0.3 is 6.18 Å². The maximum Gasteiger partial charge on any atom is 0.433 e. The summed E-state index contributed by atoms with van der Waals surface area (Å²) in [5, 5.41) is 2.96. The van der Waals surface area contributed by atoms with Gasteiger partial charge in [0, 0.05) is 6.54 Å². The maximum atomic E-state index is 12.9. The molecule has 2 bridgehead atoms. The molecule has 3 aliphatic heterocycles. The highest BCUT2D eigenvalue weighted by Crippen LogP contribution is 2.46. The molecule has 3 saturated heterocycles. The van der Waals surface area contributed by atoms with Gasteiger partial charge in [0.2, 0.25) is 0 Å². The topological polar surface area (TPSA) is 87.9 Å². The van der Waals surface area contributed by atoms with Crippen molar-refractivity contribution in [1.29, 1.82) is 0 Å². The molecule has 10 heteroatoms. The normalized spacial score (nSPS) is 38.2. The van der Waals surface area contributed by atoms with E-state index in [-0.39, 0.29) is 19.0 Å². The summed E-state index contributed by atoms with van der Waals surface area (Å²) in [6, 6.07) is 3.05. The Morgan fingerprint density at radius 2 is 2.04 bits per heavy atom. The maximum absolute atomic E-state index is 12.9. The van der Waals surface area contributed by atoms with Crippen molar-refractivity contribution < 1.29 is 32.1 Å². The summed E-state index contributed by atoms with van der Waals surface area (Å²) in [6.07, 6.45) is -6.28. The number of pyridine rings is 1. The minimum Gasteiger partial charge on any atom is -0.360 e. The smallest absolute Gasteiger partial charge is 0.360 e. The first kappa shape index (κ1) is 17.9. The van der Waals surface area contributed by atoms with Crippen LogP contribution < -0.4 is 11.1 Å². The number of halogens is 3. The van der Waals surface area contributed by atoms with Gasteiger partial charge in [-0.15, -0.1) is 0 Å². The average Bonchev–Trinajstić information content (AvgIpc) is 3.11. The van der Waals surface area contributed by atoms with Gasteiger partial charge in [0.05, 0.1) is 6.61 Å². The number of nitrogens with one attached hydrogen (secondary N) is 1. The van der Waals surface area contributed by atoms with Gasteiger partial charge < -0.3 is 30.0 Å². The van der Waals surface area contributed by atoms with E-state index >= 15 is 0 Å². The van der Waals surface area contributed by atoms with Crippen LogP contribution in [0, 0.1) is 0 Å². The van der Waals surface area contributed by atoms with Gasteiger partial charge in [-0.2, -0.15) is 13.2 Å². The fourth-order valence-electron chi connectivity index (χ4n) is 3.68. The van der Waals surface area contributed by atoms with Crippen molar-refractivity contribution in [3.05, 3.63) is 23.9 Å². The summed E-state index contributed by atoms with van der Waals surface area (Å²) >= 11 is 0. The van der Waals surface area contributed by atoms with E-state index in [4.69, 9.17) is 24.7 Å². The molecule has 3 fully saturated rings. The number of ether oxygens (including phenoxy) is 4. The van der Waals surface area contributed by atoms with Crippen molar-refractivity contribution >= 4 is 5.82 Å². The van der Waals surface area contributed by atoms with Crippen LogP contribution in [0.3, 0.4) is 0 Å². The lowest BCUT2D eigenvalue weighted by molar-refractivity contribution is -0.185. The molecule has 0 aliphatic carbocycles. The first-order chi connectivity index (χ1) is 12.1. The number of nitrogens with zero attached hydrogens (tertiary/aromatic N) is 1. The molecule has 0 saturated carbocycles. The zero-order valence-corrected chi connectivity index (χ0v) is 14.2. The highest BCUT2D eigenvalue weighted by molar-refractivity contribution is 5.39. The van der Waals surface area contributed by atoms with Crippen LogP contribution in [0.25, 0.3) is 0 Å². The second-order valence-electron chi connectivity index (χ2n) is 7.16. The second-order valence-corrected chi connectivity index (χ2v) is 7.16. The molecule has 0 radical (unpaired) electrons. The predicted molar refractivity (Wildman–Crippen MR) is 83.1 cm³/mol. The third kappa shape index (κ3) is 2.85. The van der Waals surface area contributed by atoms with Crippen molar-refractivity contribution in [3.63, 3.8) is 0 Å². The molecule has 1 aromatic heterocycles. The minimum absolute atomic E-state index is 0.0521. The molecule has 26 heavy (non-hydrogen) atoms. The Balaban J connectivity index is 1.63. The summed E-state index contributed by atoms with van der Waals surface area (Å²) in [5.41, 5.74) is 4.07. The van der Waals surface area contributed by atoms with E-state index in [0.29, 0.717) is 0 Å². The van der Waals surface area contributed by atoms with Gasteiger partial charge in [-0.3, -0.25) is 0 Å². The number of hydrogen-bond donors (Lipinski definition) is 2.